The number of halogens is 1. The van der Waals surface area contributed by atoms with Gasteiger partial charge in [-0.2, -0.15) is 5.10 Å². The van der Waals surface area contributed by atoms with E-state index in [9.17, 15) is 0 Å². The second kappa shape index (κ2) is 6.20. The summed E-state index contributed by atoms with van der Waals surface area (Å²) in [5.74, 6) is 0.965. The molecule has 3 nitrogen and oxygen atoms in total. The smallest absolute Gasteiger partial charge is 0.0738 e. The van der Waals surface area contributed by atoms with Crippen molar-refractivity contribution < 1.29 is 0 Å². The molecule has 0 radical (unpaired) electrons. The first-order valence-corrected chi connectivity index (χ1v) is 7.90. The van der Waals surface area contributed by atoms with Crippen molar-refractivity contribution in [1.29, 1.82) is 0 Å². The molecule has 2 rings (SSSR count). The summed E-state index contributed by atoms with van der Waals surface area (Å²) in [5, 5.41) is 8.21. The number of likely N-dealkylation sites (N-methyl/N-ethyl adjacent to an activating group) is 1. The van der Waals surface area contributed by atoms with Crippen molar-refractivity contribution in [2.75, 3.05) is 6.54 Å². The fourth-order valence-corrected chi connectivity index (χ4v) is 3.03. The number of aromatic nitrogens is 2. The Labute approximate surface area is 118 Å². The van der Waals surface area contributed by atoms with Gasteiger partial charge in [-0.05, 0) is 48.7 Å². The van der Waals surface area contributed by atoms with E-state index in [-0.39, 0.29) is 0 Å². The van der Waals surface area contributed by atoms with Crippen LogP contribution < -0.4 is 5.32 Å². The SMILES string of the molecule is CCNC(Cc1c(Br)c(C)nn1CC)CC1CC1. The molecule has 0 amide bonds. The standard InChI is InChI=1S/C14H24BrN3/c1-4-16-12(8-11-6-7-11)9-13-14(15)10(3)17-18(13)5-2/h11-12,16H,4-9H2,1-3H3. The van der Waals surface area contributed by atoms with E-state index in [4.69, 9.17) is 0 Å². The van der Waals surface area contributed by atoms with E-state index in [1.54, 1.807) is 0 Å². The summed E-state index contributed by atoms with van der Waals surface area (Å²) < 4.78 is 3.33. The maximum absolute atomic E-state index is 4.58. The first-order valence-electron chi connectivity index (χ1n) is 7.10. The lowest BCUT2D eigenvalue weighted by molar-refractivity contribution is 0.450. The third kappa shape index (κ3) is 3.35. The van der Waals surface area contributed by atoms with E-state index in [1.165, 1.54) is 29.4 Å². The molecule has 0 aromatic carbocycles. The van der Waals surface area contributed by atoms with Gasteiger partial charge in [0.2, 0.25) is 0 Å². The monoisotopic (exact) mass is 313 g/mol. The van der Waals surface area contributed by atoms with Crippen molar-refractivity contribution in [3.63, 3.8) is 0 Å². The van der Waals surface area contributed by atoms with E-state index in [2.05, 4.69) is 51.8 Å². The van der Waals surface area contributed by atoms with Crippen LogP contribution in [-0.2, 0) is 13.0 Å². The van der Waals surface area contributed by atoms with Crippen LogP contribution in [-0.4, -0.2) is 22.4 Å². The fourth-order valence-electron chi connectivity index (χ4n) is 2.58. The molecule has 1 fully saturated rings. The molecular weight excluding hydrogens is 290 g/mol. The third-order valence-electron chi connectivity index (χ3n) is 3.70. The predicted molar refractivity (Wildman–Crippen MR) is 78.8 cm³/mol. The highest BCUT2D eigenvalue weighted by atomic mass is 79.9. The molecule has 0 saturated heterocycles. The molecule has 1 aromatic heterocycles. The van der Waals surface area contributed by atoms with Crippen LogP contribution in [0.3, 0.4) is 0 Å². The lowest BCUT2D eigenvalue weighted by Crippen LogP contribution is -2.32. The van der Waals surface area contributed by atoms with Gasteiger partial charge >= 0.3 is 0 Å². The minimum Gasteiger partial charge on any atom is -0.314 e. The summed E-state index contributed by atoms with van der Waals surface area (Å²) >= 11 is 3.69. The molecular formula is C14H24BrN3. The van der Waals surface area contributed by atoms with Crippen molar-refractivity contribution in [3.8, 4) is 0 Å². The summed E-state index contributed by atoms with van der Waals surface area (Å²) in [5.41, 5.74) is 2.45. The zero-order valence-electron chi connectivity index (χ0n) is 11.7. The zero-order valence-corrected chi connectivity index (χ0v) is 13.3. The predicted octanol–water partition coefficient (Wildman–Crippen LogP) is 3.29. The van der Waals surface area contributed by atoms with Gasteiger partial charge in [-0.15, -0.1) is 0 Å². The number of hydrogen-bond donors (Lipinski definition) is 1. The van der Waals surface area contributed by atoms with Gasteiger partial charge in [-0.3, -0.25) is 4.68 Å². The van der Waals surface area contributed by atoms with Crippen LogP contribution in [0.4, 0.5) is 0 Å². The molecule has 1 aliphatic carbocycles. The molecule has 1 aromatic rings. The maximum Gasteiger partial charge on any atom is 0.0738 e. The first kappa shape index (κ1) is 14.1. The molecule has 1 unspecified atom stereocenters. The molecule has 1 N–H and O–H groups in total. The van der Waals surface area contributed by atoms with Gasteiger partial charge in [0.15, 0.2) is 0 Å². The minimum atomic E-state index is 0.597. The molecule has 4 heteroatoms. The molecule has 0 bridgehead atoms. The Balaban J connectivity index is 2.08. The van der Waals surface area contributed by atoms with Crippen molar-refractivity contribution in [1.82, 2.24) is 15.1 Å². The Morgan fingerprint density at radius 2 is 2.17 bits per heavy atom. The van der Waals surface area contributed by atoms with E-state index >= 15 is 0 Å². The van der Waals surface area contributed by atoms with Gasteiger partial charge in [0.1, 0.15) is 0 Å². The van der Waals surface area contributed by atoms with Crippen LogP contribution in [0.15, 0.2) is 4.47 Å². The summed E-state index contributed by atoms with van der Waals surface area (Å²) in [6, 6.07) is 0.597. The Morgan fingerprint density at radius 1 is 1.44 bits per heavy atom. The molecule has 102 valence electrons. The van der Waals surface area contributed by atoms with E-state index in [0.717, 1.165) is 31.1 Å². The molecule has 1 aliphatic rings. The number of nitrogens with one attached hydrogen (secondary N) is 1. The topological polar surface area (TPSA) is 29.9 Å². The zero-order chi connectivity index (χ0) is 13.1. The highest BCUT2D eigenvalue weighted by Gasteiger charge is 2.26. The Bertz CT molecular complexity index is 396. The number of rotatable bonds is 7. The Hall–Kier alpha value is -0.350. The molecule has 1 atom stereocenters. The van der Waals surface area contributed by atoms with Crippen LogP contribution in [0.1, 0.15) is 44.5 Å². The lowest BCUT2D eigenvalue weighted by atomic mass is 10.0. The van der Waals surface area contributed by atoms with Crippen LogP contribution in [0.2, 0.25) is 0 Å². The molecule has 0 spiro atoms. The number of hydrogen-bond acceptors (Lipinski definition) is 2. The van der Waals surface area contributed by atoms with Crippen molar-refractivity contribution in [2.24, 2.45) is 5.92 Å². The van der Waals surface area contributed by atoms with E-state index in [1.807, 2.05) is 0 Å². The minimum absolute atomic E-state index is 0.597. The molecule has 1 heterocycles. The van der Waals surface area contributed by atoms with Crippen molar-refractivity contribution in [3.05, 3.63) is 15.9 Å². The molecule has 0 aliphatic heterocycles. The Kier molecular flexibility index (Phi) is 4.84. The average Bonchev–Trinajstić information content (AvgIpc) is 3.11. The summed E-state index contributed by atoms with van der Waals surface area (Å²) in [7, 11) is 0. The maximum atomic E-state index is 4.58. The largest absolute Gasteiger partial charge is 0.314 e. The van der Waals surface area contributed by atoms with Gasteiger partial charge in [-0.25, -0.2) is 0 Å². The van der Waals surface area contributed by atoms with Crippen LogP contribution in [0.5, 0.6) is 0 Å². The number of aryl methyl sites for hydroxylation is 2. The van der Waals surface area contributed by atoms with Gasteiger partial charge in [-0.1, -0.05) is 19.8 Å². The van der Waals surface area contributed by atoms with Crippen LogP contribution >= 0.6 is 15.9 Å². The van der Waals surface area contributed by atoms with Crippen LogP contribution in [0.25, 0.3) is 0 Å². The van der Waals surface area contributed by atoms with Gasteiger partial charge < -0.3 is 5.32 Å². The third-order valence-corrected chi connectivity index (χ3v) is 4.73. The van der Waals surface area contributed by atoms with Crippen LogP contribution in [0, 0.1) is 12.8 Å². The average molecular weight is 314 g/mol. The fraction of sp³-hybridized carbons (Fsp3) is 0.786. The first-order chi connectivity index (χ1) is 8.65. The quantitative estimate of drug-likeness (QED) is 0.837. The molecule has 1 saturated carbocycles. The number of nitrogens with zero attached hydrogens (tertiary/aromatic N) is 2. The van der Waals surface area contributed by atoms with Crippen molar-refractivity contribution >= 4 is 15.9 Å². The van der Waals surface area contributed by atoms with Gasteiger partial charge in [0.05, 0.1) is 15.9 Å². The van der Waals surface area contributed by atoms with Gasteiger partial charge in [0, 0.05) is 19.0 Å². The van der Waals surface area contributed by atoms with Crippen molar-refractivity contribution in [2.45, 2.75) is 59.0 Å². The lowest BCUT2D eigenvalue weighted by Gasteiger charge is -2.18. The highest BCUT2D eigenvalue weighted by molar-refractivity contribution is 9.10. The highest BCUT2D eigenvalue weighted by Crippen LogP contribution is 2.34. The second-order valence-corrected chi connectivity index (χ2v) is 6.09. The summed E-state index contributed by atoms with van der Waals surface area (Å²) in [6.45, 7) is 8.42. The Morgan fingerprint density at radius 3 is 2.72 bits per heavy atom. The summed E-state index contributed by atoms with van der Waals surface area (Å²) in [4.78, 5) is 0. The second-order valence-electron chi connectivity index (χ2n) is 5.30. The summed E-state index contributed by atoms with van der Waals surface area (Å²) in [6.07, 6.45) is 5.25. The van der Waals surface area contributed by atoms with E-state index < -0.39 is 0 Å². The molecule has 18 heavy (non-hydrogen) atoms. The normalized spacial score (nSPS) is 17.1. The van der Waals surface area contributed by atoms with E-state index in [0.29, 0.717) is 6.04 Å². The van der Waals surface area contributed by atoms with Gasteiger partial charge in [0.25, 0.3) is 0 Å².